The summed E-state index contributed by atoms with van der Waals surface area (Å²) in [6.07, 6.45) is 4.66. The molecule has 0 amide bonds. The molecule has 13 heavy (non-hydrogen) atoms. The van der Waals surface area contributed by atoms with Gasteiger partial charge in [0.2, 0.25) is 5.82 Å². The quantitative estimate of drug-likeness (QED) is 0.692. The monoisotopic (exact) mass is 177 g/mol. The molecule has 1 heterocycles. The van der Waals surface area contributed by atoms with Crippen molar-refractivity contribution in [2.45, 2.75) is 26.3 Å². The summed E-state index contributed by atoms with van der Waals surface area (Å²) in [6.45, 7) is 2.25. The topological polar surface area (TPSA) is 58.7 Å². The van der Waals surface area contributed by atoms with Crippen LogP contribution in [-0.2, 0) is 11.3 Å². The minimum absolute atomic E-state index is 0.179. The Morgan fingerprint density at radius 1 is 1.77 bits per heavy atom. The molecule has 0 aliphatic rings. The van der Waals surface area contributed by atoms with Crippen molar-refractivity contribution in [3.63, 3.8) is 0 Å². The SMILES string of the molecule is CC(=O)CCCn1ccnc1C#N. The third-order valence-corrected chi connectivity index (χ3v) is 1.74. The summed E-state index contributed by atoms with van der Waals surface area (Å²) in [6, 6.07) is 1.98. The minimum Gasteiger partial charge on any atom is -0.323 e. The summed E-state index contributed by atoms with van der Waals surface area (Å²) in [4.78, 5) is 14.5. The lowest BCUT2D eigenvalue weighted by Crippen LogP contribution is -2.01. The molecule has 0 atom stereocenters. The van der Waals surface area contributed by atoms with Crippen LogP contribution in [0, 0.1) is 11.3 Å². The van der Waals surface area contributed by atoms with Gasteiger partial charge in [-0.05, 0) is 13.3 Å². The first kappa shape index (κ1) is 9.46. The molecule has 68 valence electrons. The van der Waals surface area contributed by atoms with Crippen molar-refractivity contribution in [3.8, 4) is 6.07 Å². The molecule has 0 saturated heterocycles. The van der Waals surface area contributed by atoms with E-state index in [-0.39, 0.29) is 5.78 Å². The molecule has 0 aliphatic heterocycles. The minimum atomic E-state index is 0.179. The standard InChI is InChI=1S/C9H11N3O/c1-8(13)3-2-5-12-6-4-11-9(12)7-10/h4,6H,2-3,5H2,1H3. The fraction of sp³-hybridized carbons (Fsp3) is 0.444. The highest BCUT2D eigenvalue weighted by atomic mass is 16.1. The number of nitriles is 1. The van der Waals surface area contributed by atoms with Gasteiger partial charge in [0.1, 0.15) is 11.9 Å². The van der Waals surface area contributed by atoms with E-state index in [1.54, 1.807) is 23.9 Å². The second-order valence-corrected chi connectivity index (χ2v) is 2.86. The Hall–Kier alpha value is -1.63. The molecule has 0 unspecified atom stereocenters. The highest BCUT2D eigenvalue weighted by Gasteiger charge is 2.00. The normalized spacial score (nSPS) is 9.54. The van der Waals surface area contributed by atoms with Crippen molar-refractivity contribution < 1.29 is 4.79 Å². The molecular weight excluding hydrogens is 166 g/mol. The van der Waals surface area contributed by atoms with Crippen LogP contribution in [0.2, 0.25) is 0 Å². The lowest BCUT2D eigenvalue weighted by Gasteiger charge is -2.00. The van der Waals surface area contributed by atoms with Crippen molar-refractivity contribution in [3.05, 3.63) is 18.2 Å². The number of aromatic nitrogens is 2. The largest absolute Gasteiger partial charge is 0.323 e. The van der Waals surface area contributed by atoms with Crippen molar-refractivity contribution in [2.24, 2.45) is 0 Å². The third-order valence-electron chi connectivity index (χ3n) is 1.74. The Morgan fingerprint density at radius 2 is 2.54 bits per heavy atom. The summed E-state index contributed by atoms with van der Waals surface area (Å²) in [7, 11) is 0. The molecule has 0 aliphatic carbocycles. The summed E-state index contributed by atoms with van der Waals surface area (Å²) >= 11 is 0. The zero-order valence-corrected chi connectivity index (χ0v) is 7.53. The van der Waals surface area contributed by atoms with E-state index in [1.165, 1.54) is 0 Å². The summed E-state index contributed by atoms with van der Waals surface area (Å²) in [5.74, 6) is 0.585. The van der Waals surface area contributed by atoms with Gasteiger partial charge in [-0.15, -0.1) is 0 Å². The number of rotatable bonds is 4. The molecule has 0 aromatic carbocycles. The predicted molar refractivity (Wildman–Crippen MR) is 46.9 cm³/mol. The highest BCUT2D eigenvalue weighted by Crippen LogP contribution is 2.00. The highest BCUT2D eigenvalue weighted by molar-refractivity contribution is 5.75. The van der Waals surface area contributed by atoms with Gasteiger partial charge in [-0.3, -0.25) is 0 Å². The van der Waals surface area contributed by atoms with E-state index in [2.05, 4.69) is 4.98 Å². The van der Waals surface area contributed by atoms with Crippen LogP contribution in [0.15, 0.2) is 12.4 Å². The molecule has 0 radical (unpaired) electrons. The molecule has 0 N–H and O–H groups in total. The van der Waals surface area contributed by atoms with Crippen molar-refractivity contribution >= 4 is 5.78 Å². The van der Waals surface area contributed by atoms with Gasteiger partial charge in [-0.25, -0.2) is 4.98 Å². The Bertz CT molecular complexity index is 335. The Balaban J connectivity index is 2.46. The maximum atomic E-state index is 10.6. The second kappa shape index (κ2) is 4.41. The smallest absolute Gasteiger partial charge is 0.212 e. The first-order valence-electron chi connectivity index (χ1n) is 4.14. The lowest BCUT2D eigenvalue weighted by molar-refractivity contribution is -0.117. The van der Waals surface area contributed by atoms with E-state index >= 15 is 0 Å². The zero-order valence-electron chi connectivity index (χ0n) is 7.53. The van der Waals surface area contributed by atoms with Crippen LogP contribution < -0.4 is 0 Å². The maximum Gasteiger partial charge on any atom is 0.212 e. The predicted octanol–water partition coefficient (Wildman–Crippen LogP) is 1.12. The second-order valence-electron chi connectivity index (χ2n) is 2.86. The van der Waals surface area contributed by atoms with Crippen LogP contribution >= 0.6 is 0 Å². The zero-order chi connectivity index (χ0) is 9.68. The molecule has 1 rings (SSSR count). The van der Waals surface area contributed by atoms with Gasteiger partial charge in [0.25, 0.3) is 0 Å². The van der Waals surface area contributed by atoms with Gasteiger partial charge in [0.05, 0.1) is 0 Å². The molecule has 4 heteroatoms. The van der Waals surface area contributed by atoms with Crippen molar-refractivity contribution in [1.29, 1.82) is 5.26 Å². The van der Waals surface area contributed by atoms with Crippen LogP contribution in [-0.4, -0.2) is 15.3 Å². The van der Waals surface area contributed by atoms with Gasteiger partial charge in [-0.2, -0.15) is 5.26 Å². The van der Waals surface area contributed by atoms with Gasteiger partial charge in [0.15, 0.2) is 0 Å². The van der Waals surface area contributed by atoms with Crippen molar-refractivity contribution in [1.82, 2.24) is 9.55 Å². The number of nitrogens with zero attached hydrogens (tertiary/aromatic N) is 3. The fourth-order valence-corrected chi connectivity index (χ4v) is 1.10. The molecule has 4 nitrogen and oxygen atoms in total. The van der Waals surface area contributed by atoms with Crippen molar-refractivity contribution in [2.75, 3.05) is 0 Å². The average molecular weight is 177 g/mol. The maximum absolute atomic E-state index is 10.6. The summed E-state index contributed by atoms with van der Waals surface area (Å²) in [5.41, 5.74) is 0. The Kier molecular flexibility index (Phi) is 3.21. The van der Waals surface area contributed by atoms with Crippen LogP contribution in [0.3, 0.4) is 0 Å². The van der Waals surface area contributed by atoms with Gasteiger partial charge in [0, 0.05) is 25.4 Å². The van der Waals surface area contributed by atoms with E-state index in [1.807, 2.05) is 6.07 Å². The number of Topliss-reactive ketones (excluding diaryl/α,β-unsaturated/α-hetero) is 1. The number of hydrogen-bond acceptors (Lipinski definition) is 3. The number of carbonyl (C=O) groups is 1. The first-order valence-corrected chi connectivity index (χ1v) is 4.14. The lowest BCUT2D eigenvalue weighted by atomic mass is 10.2. The van der Waals surface area contributed by atoms with Crippen LogP contribution in [0.4, 0.5) is 0 Å². The van der Waals surface area contributed by atoms with Gasteiger partial charge < -0.3 is 9.36 Å². The van der Waals surface area contributed by atoms with E-state index in [0.717, 1.165) is 6.42 Å². The number of ketones is 1. The summed E-state index contributed by atoms with van der Waals surface area (Å²) < 4.78 is 1.75. The number of hydrogen-bond donors (Lipinski definition) is 0. The van der Waals surface area contributed by atoms with Crippen LogP contribution in [0.5, 0.6) is 0 Å². The van der Waals surface area contributed by atoms with E-state index in [9.17, 15) is 4.79 Å². The number of imidazole rings is 1. The molecular formula is C9H11N3O. The Labute approximate surface area is 76.8 Å². The molecule has 1 aromatic rings. The average Bonchev–Trinajstić information content (AvgIpc) is 2.51. The molecule has 1 aromatic heterocycles. The molecule has 0 spiro atoms. The Morgan fingerprint density at radius 3 is 3.15 bits per heavy atom. The van der Waals surface area contributed by atoms with Gasteiger partial charge >= 0.3 is 0 Å². The van der Waals surface area contributed by atoms with E-state index in [0.29, 0.717) is 18.8 Å². The third kappa shape index (κ3) is 2.71. The van der Waals surface area contributed by atoms with Gasteiger partial charge in [-0.1, -0.05) is 0 Å². The van der Waals surface area contributed by atoms with Crippen LogP contribution in [0.1, 0.15) is 25.6 Å². The number of aryl methyl sites for hydroxylation is 1. The molecule has 0 fully saturated rings. The molecule has 0 saturated carbocycles. The fourth-order valence-electron chi connectivity index (χ4n) is 1.10. The van der Waals surface area contributed by atoms with E-state index < -0.39 is 0 Å². The first-order chi connectivity index (χ1) is 6.24. The summed E-state index contributed by atoms with van der Waals surface area (Å²) in [5, 5.41) is 8.62. The van der Waals surface area contributed by atoms with E-state index in [4.69, 9.17) is 5.26 Å². The molecule has 0 bridgehead atoms. The van der Waals surface area contributed by atoms with Crippen LogP contribution in [0.25, 0.3) is 0 Å². The number of carbonyl (C=O) groups excluding carboxylic acids is 1.